The Hall–Kier alpha value is -2.23. The highest BCUT2D eigenvalue weighted by molar-refractivity contribution is 7.09. The molecular weight excluding hydrogens is 410 g/mol. The molecule has 3 aromatic rings. The molecule has 0 radical (unpaired) electrons. The number of rotatable bonds is 7. The van der Waals surface area contributed by atoms with E-state index in [1.165, 1.54) is 0 Å². The number of hydrogen-bond donors (Lipinski definition) is 4. The fourth-order valence-corrected chi connectivity index (χ4v) is 5.29. The molecule has 166 valence electrons. The van der Waals surface area contributed by atoms with E-state index >= 15 is 0 Å². The van der Waals surface area contributed by atoms with E-state index < -0.39 is 0 Å². The van der Waals surface area contributed by atoms with Gasteiger partial charge in [-0.15, -0.1) is 11.3 Å². The van der Waals surface area contributed by atoms with Crippen LogP contribution >= 0.6 is 11.3 Å². The fraction of sp³-hybridized carbons (Fsp3) is 0.591. The van der Waals surface area contributed by atoms with Crippen molar-refractivity contribution in [3.05, 3.63) is 33.9 Å². The molecule has 5 rings (SSSR count). The number of nitrogens with one attached hydrogen (secondary N) is 3. The first kappa shape index (κ1) is 20.7. The van der Waals surface area contributed by atoms with Gasteiger partial charge in [-0.2, -0.15) is 9.61 Å². The number of aromatic nitrogens is 4. The summed E-state index contributed by atoms with van der Waals surface area (Å²) in [5, 5.41) is 28.7. The Morgan fingerprint density at radius 1 is 1.35 bits per heavy atom. The molecule has 0 bridgehead atoms. The van der Waals surface area contributed by atoms with E-state index in [1.54, 1.807) is 11.3 Å². The number of nitrogens with zero attached hydrogens (tertiary/aromatic N) is 4. The summed E-state index contributed by atoms with van der Waals surface area (Å²) in [5.41, 5.74) is 2.96. The van der Waals surface area contributed by atoms with Crippen molar-refractivity contribution in [1.82, 2.24) is 24.9 Å². The van der Waals surface area contributed by atoms with Gasteiger partial charge in [-0.05, 0) is 38.6 Å². The summed E-state index contributed by atoms with van der Waals surface area (Å²) in [7, 11) is 0. The van der Waals surface area contributed by atoms with Crippen molar-refractivity contribution < 1.29 is 5.11 Å². The summed E-state index contributed by atoms with van der Waals surface area (Å²) >= 11 is 1.72. The molecule has 4 N–H and O–H groups in total. The quantitative estimate of drug-likeness (QED) is 0.447. The Balaban J connectivity index is 1.46. The number of β-amino-alcohol motifs (C(OH)–C–C–N with tert-alkyl or cyclic N) is 1. The lowest BCUT2D eigenvalue weighted by molar-refractivity contribution is 0.0883. The molecule has 9 heteroatoms. The minimum absolute atomic E-state index is 0.111. The fourth-order valence-electron chi connectivity index (χ4n) is 4.27. The molecule has 1 saturated carbocycles. The molecule has 2 aliphatic rings. The second kappa shape index (κ2) is 8.03. The Bertz CT molecular complexity index is 1070. The summed E-state index contributed by atoms with van der Waals surface area (Å²) < 4.78 is 1.92. The van der Waals surface area contributed by atoms with Crippen LogP contribution in [0.3, 0.4) is 0 Å². The average molecular weight is 442 g/mol. The normalized spacial score (nSPS) is 22.7. The highest BCUT2D eigenvalue weighted by atomic mass is 32.1. The zero-order chi connectivity index (χ0) is 21.6. The summed E-state index contributed by atoms with van der Waals surface area (Å²) in [5.74, 6) is 2.29. The molecule has 2 atom stereocenters. The third-order valence-corrected chi connectivity index (χ3v) is 7.57. The maximum absolute atomic E-state index is 10.3. The standard InChI is InChI=1S/C22H31N7OS/c1-13(2)16-10-25-29-19(28-22(5-6-22)21-26-14(3)12-31-21)8-18(27-20(16)29)24-9-15-4-7-23-11-17(15)30/h8,10,12-13,15,17,23,28,30H,4-7,9,11H2,1-3H3,(H,24,27)/t15-,17+/m1/s1. The third kappa shape index (κ3) is 4.02. The maximum atomic E-state index is 10.3. The van der Waals surface area contributed by atoms with Crippen LogP contribution in [-0.2, 0) is 5.54 Å². The first-order valence-corrected chi connectivity index (χ1v) is 12.1. The molecule has 0 amide bonds. The molecule has 0 aromatic carbocycles. The van der Waals surface area contributed by atoms with Crippen LogP contribution in [0.2, 0.25) is 0 Å². The van der Waals surface area contributed by atoms with E-state index in [4.69, 9.17) is 9.97 Å². The lowest BCUT2D eigenvalue weighted by atomic mass is 9.95. The van der Waals surface area contributed by atoms with E-state index in [9.17, 15) is 5.11 Å². The van der Waals surface area contributed by atoms with Gasteiger partial charge in [-0.3, -0.25) is 0 Å². The third-order valence-electron chi connectivity index (χ3n) is 6.40. The lowest BCUT2D eigenvalue weighted by Gasteiger charge is -2.28. The van der Waals surface area contributed by atoms with Gasteiger partial charge in [0, 0.05) is 41.7 Å². The van der Waals surface area contributed by atoms with Crippen LogP contribution in [0, 0.1) is 12.8 Å². The van der Waals surface area contributed by atoms with E-state index in [2.05, 4.69) is 40.3 Å². The minimum Gasteiger partial charge on any atom is -0.391 e. The molecule has 8 nitrogen and oxygen atoms in total. The van der Waals surface area contributed by atoms with Gasteiger partial charge in [0.15, 0.2) is 5.65 Å². The van der Waals surface area contributed by atoms with Crippen LogP contribution in [0.25, 0.3) is 5.65 Å². The maximum Gasteiger partial charge on any atom is 0.163 e. The predicted molar refractivity (Wildman–Crippen MR) is 124 cm³/mol. The highest BCUT2D eigenvalue weighted by Gasteiger charge is 2.47. The molecule has 31 heavy (non-hydrogen) atoms. The SMILES string of the molecule is Cc1csc(C2(Nc3cc(NC[C@H]4CCNC[C@@H]4O)nc4c(C(C)C)cnn34)CC2)n1. The number of fused-ring (bicyclic) bond motifs is 1. The Morgan fingerprint density at radius 3 is 2.87 bits per heavy atom. The summed E-state index contributed by atoms with van der Waals surface area (Å²) in [6.07, 6.45) is 4.67. The van der Waals surface area contributed by atoms with Crippen LogP contribution in [0.15, 0.2) is 17.6 Å². The zero-order valence-corrected chi connectivity index (χ0v) is 19.2. The van der Waals surface area contributed by atoms with Crippen molar-refractivity contribution in [2.24, 2.45) is 5.92 Å². The average Bonchev–Trinajstić information content (AvgIpc) is 3.17. The molecule has 3 aromatic heterocycles. The largest absolute Gasteiger partial charge is 0.391 e. The van der Waals surface area contributed by atoms with E-state index in [0.717, 1.165) is 59.4 Å². The van der Waals surface area contributed by atoms with Gasteiger partial charge in [-0.1, -0.05) is 13.8 Å². The van der Waals surface area contributed by atoms with Crippen molar-refractivity contribution >= 4 is 28.6 Å². The van der Waals surface area contributed by atoms with E-state index in [1.807, 2.05) is 23.7 Å². The van der Waals surface area contributed by atoms with E-state index in [-0.39, 0.29) is 17.6 Å². The number of thiazole rings is 1. The Labute approximate surface area is 186 Å². The smallest absolute Gasteiger partial charge is 0.163 e. The monoisotopic (exact) mass is 441 g/mol. The van der Waals surface area contributed by atoms with Crippen LogP contribution in [-0.4, -0.2) is 50.4 Å². The van der Waals surface area contributed by atoms with Crippen molar-refractivity contribution in [3.8, 4) is 0 Å². The van der Waals surface area contributed by atoms with Crippen LogP contribution in [0.1, 0.15) is 55.3 Å². The zero-order valence-electron chi connectivity index (χ0n) is 18.4. The first-order valence-electron chi connectivity index (χ1n) is 11.2. The summed E-state index contributed by atoms with van der Waals surface area (Å²) in [6.45, 7) is 8.67. The summed E-state index contributed by atoms with van der Waals surface area (Å²) in [6, 6.07) is 2.04. The topological polar surface area (TPSA) is 99.4 Å². The molecule has 4 heterocycles. The molecule has 1 aliphatic carbocycles. The second-order valence-electron chi connectivity index (χ2n) is 9.22. The molecule has 0 unspecified atom stereocenters. The van der Waals surface area contributed by atoms with Crippen molar-refractivity contribution in [2.75, 3.05) is 30.3 Å². The highest BCUT2D eigenvalue weighted by Crippen LogP contribution is 2.49. The number of piperidine rings is 1. The van der Waals surface area contributed by atoms with Gasteiger partial charge in [0.1, 0.15) is 16.6 Å². The van der Waals surface area contributed by atoms with Gasteiger partial charge in [0.2, 0.25) is 0 Å². The van der Waals surface area contributed by atoms with Gasteiger partial charge >= 0.3 is 0 Å². The number of aryl methyl sites for hydroxylation is 1. The van der Waals surface area contributed by atoms with Crippen LogP contribution < -0.4 is 16.0 Å². The van der Waals surface area contributed by atoms with Gasteiger partial charge in [0.25, 0.3) is 0 Å². The Morgan fingerprint density at radius 2 is 2.19 bits per heavy atom. The second-order valence-corrected chi connectivity index (χ2v) is 10.1. The number of anilines is 2. The van der Waals surface area contributed by atoms with Crippen LogP contribution in [0.4, 0.5) is 11.6 Å². The van der Waals surface area contributed by atoms with Gasteiger partial charge in [0.05, 0.1) is 17.8 Å². The number of aliphatic hydroxyl groups excluding tert-OH is 1. The predicted octanol–water partition coefficient (Wildman–Crippen LogP) is 3.10. The van der Waals surface area contributed by atoms with Gasteiger partial charge < -0.3 is 21.1 Å². The molecule has 1 saturated heterocycles. The lowest BCUT2D eigenvalue weighted by Crippen LogP contribution is -2.43. The first-order chi connectivity index (χ1) is 14.9. The van der Waals surface area contributed by atoms with Crippen molar-refractivity contribution in [1.29, 1.82) is 0 Å². The Kier molecular flexibility index (Phi) is 5.35. The molecule has 0 spiro atoms. The summed E-state index contributed by atoms with van der Waals surface area (Å²) in [4.78, 5) is 9.64. The number of hydrogen-bond acceptors (Lipinski definition) is 8. The minimum atomic E-state index is -0.327. The van der Waals surface area contributed by atoms with E-state index in [0.29, 0.717) is 19.0 Å². The molecular formula is C22H31N7OS. The van der Waals surface area contributed by atoms with Crippen molar-refractivity contribution in [2.45, 2.75) is 57.6 Å². The van der Waals surface area contributed by atoms with Crippen LogP contribution in [0.5, 0.6) is 0 Å². The number of aliphatic hydroxyl groups is 1. The molecule has 2 fully saturated rings. The van der Waals surface area contributed by atoms with Gasteiger partial charge in [-0.25, -0.2) is 9.97 Å². The van der Waals surface area contributed by atoms with Crippen molar-refractivity contribution in [3.63, 3.8) is 0 Å². The molecule has 1 aliphatic heterocycles.